The highest BCUT2D eigenvalue weighted by atomic mass is 16.5. The molecule has 1 spiro atoms. The lowest BCUT2D eigenvalue weighted by molar-refractivity contribution is 0.437. The summed E-state index contributed by atoms with van der Waals surface area (Å²) >= 11 is 0. The van der Waals surface area contributed by atoms with E-state index in [-0.39, 0.29) is 0 Å². The molecule has 3 heterocycles. The van der Waals surface area contributed by atoms with Gasteiger partial charge in [-0.25, -0.2) is 9.97 Å². The molecule has 2 aromatic heterocycles. The lowest BCUT2D eigenvalue weighted by Gasteiger charge is -2.39. The molecule has 0 fully saturated rings. The zero-order valence-corrected chi connectivity index (χ0v) is 27.0. The van der Waals surface area contributed by atoms with Gasteiger partial charge in [0.2, 0.25) is 0 Å². The maximum Gasteiger partial charge on any atom is 0.160 e. The molecule has 0 bridgehead atoms. The van der Waals surface area contributed by atoms with E-state index in [4.69, 9.17) is 14.7 Å². The summed E-state index contributed by atoms with van der Waals surface area (Å²) in [6.45, 7) is 0. The van der Waals surface area contributed by atoms with Gasteiger partial charge in [0.05, 0.1) is 16.8 Å². The molecule has 8 aromatic rings. The monoisotopic (exact) mass is 639 g/mol. The Hall–Kier alpha value is -6.65. The summed E-state index contributed by atoms with van der Waals surface area (Å²) in [5, 5.41) is 0. The fourth-order valence-corrected chi connectivity index (χ4v) is 7.86. The van der Waals surface area contributed by atoms with Crippen molar-refractivity contribution in [2.24, 2.45) is 0 Å². The predicted octanol–water partition coefficient (Wildman–Crippen LogP) is 11.0. The van der Waals surface area contributed by atoms with Gasteiger partial charge >= 0.3 is 0 Å². The Balaban J connectivity index is 1.22. The van der Waals surface area contributed by atoms with Crippen molar-refractivity contribution in [2.75, 3.05) is 0 Å². The molecule has 0 amide bonds. The summed E-state index contributed by atoms with van der Waals surface area (Å²) in [5.74, 6) is 2.34. The van der Waals surface area contributed by atoms with Gasteiger partial charge in [-0.15, -0.1) is 0 Å². The van der Waals surface area contributed by atoms with Crippen molar-refractivity contribution in [3.63, 3.8) is 0 Å². The van der Waals surface area contributed by atoms with Crippen LogP contribution in [0, 0.1) is 0 Å². The van der Waals surface area contributed by atoms with E-state index >= 15 is 0 Å². The molecule has 6 aromatic carbocycles. The van der Waals surface area contributed by atoms with Crippen molar-refractivity contribution in [2.45, 2.75) is 5.41 Å². The number of aromatic nitrogens is 3. The highest BCUT2D eigenvalue weighted by molar-refractivity contribution is 5.89. The summed E-state index contributed by atoms with van der Waals surface area (Å²) in [6, 6.07) is 57.5. The van der Waals surface area contributed by atoms with Crippen LogP contribution in [0.1, 0.15) is 22.3 Å². The number of benzene rings is 6. The Morgan fingerprint density at radius 1 is 0.380 bits per heavy atom. The largest absolute Gasteiger partial charge is 0.457 e. The highest BCUT2D eigenvalue weighted by Crippen LogP contribution is 2.62. The number of hydrogen-bond donors (Lipinski definition) is 0. The van der Waals surface area contributed by atoms with Gasteiger partial charge in [-0.3, -0.25) is 4.98 Å². The third-order valence-corrected chi connectivity index (χ3v) is 10.1. The molecule has 1 aliphatic carbocycles. The van der Waals surface area contributed by atoms with Crippen molar-refractivity contribution in [3.8, 4) is 67.7 Å². The van der Waals surface area contributed by atoms with Gasteiger partial charge in [0.25, 0.3) is 0 Å². The fraction of sp³-hybridized carbons (Fsp3) is 0.0217. The van der Waals surface area contributed by atoms with Gasteiger partial charge in [-0.2, -0.15) is 0 Å². The van der Waals surface area contributed by atoms with Gasteiger partial charge in [-0.1, -0.05) is 133 Å². The summed E-state index contributed by atoms with van der Waals surface area (Å²) in [5.41, 5.74) is 13.6. The van der Waals surface area contributed by atoms with E-state index in [1.54, 1.807) is 0 Å². The van der Waals surface area contributed by atoms with Crippen molar-refractivity contribution in [1.29, 1.82) is 0 Å². The number of hydrogen-bond acceptors (Lipinski definition) is 4. The molecular weight excluding hydrogens is 611 g/mol. The maximum absolute atomic E-state index is 6.99. The molecular formula is C46H29N3O. The predicted molar refractivity (Wildman–Crippen MR) is 199 cm³/mol. The van der Waals surface area contributed by atoms with Crippen LogP contribution in [0.3, 0.4) is 0 Å². The minimum absolute atomic E-state index is 0.554. The van der Waals surface area contributed by atoms with Crippen LogP contribution < -0.4 is 4.74 Å². The lowest BCUT2D eigenvalue weighted by atomic mass is 9.66. The summed E-state index contributed by atoms with van der Waals surface area (Å²) < 4.78 is 6.99. The van der Waals surface area contributed by atoms with Gasteiger partial charge in [0, 0.05) is 40.2 Å². The Morgan fingerprint density at radius 3 is 1.54 bits per heavy atom. The highest BCUT2D eigenvalue weighted by Gasteiger charge is 2.51. The molecule has 50 heavy (non-hydrogen) atoms. The van der Waals surface area contributed by atoms with Crippen molar-refractivity contribution in [1.82, 2.24) is 15.0 Å². The van der Waals surface area contributed by atoms with E-state index in [9.17, 15) is 0 Å². The molecule has 0 unspecified atom stereocenters. The average molecular weight is 640 g/mol. The second-order valence-corrected chi connectivity index (χ2v) is 12.8. The Labute approximate surface area is 290 Å². The van der Waals surface area contributed by atoms with Crippen LogP contribution >= 0.6 is 0 Å². The molecule has 0 saturated heterocycles. The minimum Gasteiger partial charge on any atom is -0.457 e. The Morgan fingerprint density at radius 2 is 0.900 bits per heavy atom. The first-order chi connectivity index (χ1) is 24.8. The van der Waals surface area contributed by atoms with Crippen LogP contribution in [0.15, 0.2) is 176 Å². The molecule has 1 aliphatic heterocycles. The molecule has 0 N–H and O–H groups in total. The molecule has 0 radical (unpaired) electrons. The molecule has 234 valence electrons. The molecule has 4 nitrogen and oxygen atoms in total. The topological polar surface area (TPSA) is 47.9 Å². The molecule has 0 saturated carbocycles. The van der Waals surface area contributed by atoms with E-state index in [2.05, 4.69) is 120 Å². The number of rotatable bonds is 4. The van der Waals surface area contributed by atoms with Crippen molar-refractivity contribution < 1.29 is 4.74 Å². The maximum atomic E-state index is 6.99. The van der Waals surface area contributed by atoms with E-state index < -0.39 is 5.41 Å². The van der Waals surface area contributed by atoms with Crippen molar-refractivity contribution >= 4 is 0 Å². The van der Waals surface area contributed by atoms with Crippen LogP contribution in [-0.2, 0) is 5.41 Å². The molecule has 10 rings (SSSR count). The van der Waals surface area contributed by atoms with E-state index in [1.807, 2.05) is 60.9 Å². The van der Waals surface area contributed by atoms with E-state index in [0.717, 1.165) is 61.8 Å². The van der Waals surface area contributed by atoms with E-state index in [1.165, 1.54) is 22.3 Å². The fourth-order valence-electron chi connectivity index (χ4n) is 7.86. The number of ether oxygens (including phenoxy) is 1. The lowest BCUT2D eigenvalue weighted by Crippen LogP contribution is -2.32. The van der Waals surface area contributed by atoms with Crippen LogP contribution in [0.2, 0.25) is 0 Å². The first kappa shape index (κ1) is 28.4. The standard InChI is InChI=1S/C46H29N3O/c1-3-11-31(12-4-1)41-29-42(49-45(48-41)32-13-5-2-6-14-32)34-20-22-40-44(28-34)50-43-27-33(30-23-25-47-26-24-30)19-21-39(43)46(40)37-17-9-7-15-35(37)36-16-8-10-18-38(36)46/h1-29H. The Kier molecular flexibility index (Phi) is 6.36. The van der Waals surface area contributed by atoms with Gasteiger partial charge in [0.1, 0.15) is 11.5 Å². The van der Waals surface area contributed by atoms with Crippen LogP contribution in [0.25, 0.3) is 56.2 Å². The second-order valence-electron chi connectivity index (χ2n) is 12.8. The van der Waals surface area contributed by atoms with E-state index in [0.29, 0.717) is 5.82 Å². The first-order valence-corrected chi connectivity index (χ1v) is 16.8. The normalized spacial score (nSPS) is 13.1. The zero-order valence-electron chi connectivity index (χ0n) is 27.0. The number of pyridine rings is 1. The second kappa shape index (κ2) is 11.2. The Bertz CT molecular complexity index is 2460. The van der Waals surface area contributed by atoms with Gasteiger partial charge < -0.3 is 4.74 Å². The molecule has 4 heteroatoms. The summed E-state index contributed by atoms with van der Waals surface area (Å²) in [6.07, 6.45) is 3.66. The SMILES string of the molecule is c1ccc(-c2cc(-c3ccc4c(c3)Oc3cc(-c5ccncc5)ccc3C43c4ccccc4-c4ccccc43)nc(-c3ccccc3)n2)cc1. The van der Waals surface area contributed by atoms with Crippen molar-refractivity contribution in [3.05, 3.63) is 198 Å². The molecule has 0 atom stereocenters. The number of nitrogens with zero attached hydrogens (tertiary/aromatic N) is 3. The molecule has 2 aliphatic rings. The van der Waals surface area contributed by atoms with Gasteiger partial charge in [-0.05, 0) is 63.7 Å². The zero-order chi connectivity index (χ0) is 33.1. The summed E-state index contributed by atoms with van der Waals surface area (Å²) in [4.78, 5) is 14.4. The third-order valence-electron chi connectivity index (χ3n) is 10.1. The average Bonchev–Trinajstić information content (AvgIpc) is 3.49. The number of fused-ring (bicyclic) bond motifs is 9. The van der Waals surface area contributed by atoms with Crippen LogP contribution in [0.4, 0.5) is 0 Å². The smallest absolute Gasteiger partial charge is 0.160 e. The van der Waals surface area contributed by atoms with Crippen LogP contribution in [0.5, 0.6) is 11.5 Å². The summed E-state index contributed by atoms with van der Waals surface area (Å²) in [7, 11) is 0. The van der Waals surface area contributed by atoms with Crippen LogP contribution in [-0.4, -0.2) is 15.0 Å². The van der Waals surface area contributed by atoms with Gasteiger partial charge in [0.15, 0.2) is 5.82 Å². The third kappa shape index (κ3) is 4.28. The quantitative estimate of drug-likeness (QED) is 0.192. The minimum atomic E-state index is -0.554. The first-order valence-electron chi connectivity index (χ1n) is 16.8.